The zero-order valence-corrected chi connectivity index (χ0v) is 18.4. The Bertz CT molecular complexity index is 1140. The van der Waals surface area contributed by atoms with E-state index in [4.69, 9.17) is 5.73 Å². The van der Waals surface area contributed by atoms with Gasteiger partial charge in [-0.3, -0.25) is 4.79 Å². The van der Waals surface area contributed by atoms with E-state index >= 15 is 0 Å². The van der Waals surface area contributed by atoms with E-state index in [9.17, 15) is 9.59 Å². The SMILES string of the molecule is Cc1cccc(NC(=O)NC2CCc3cc(C(=O)CCCc4ccccc4N)ccc32)c1. The molecule has 1 aliphatic carbocycles. The second kappa shape index (κ2) is 9.69. The average molecular weight is 428 g/mol. The molecule has 0 fully saturated rings. The molecule has 3 aromatic rings. The third kappa shape index (κ3) is 5.17. The van der Waals surface area contributed by atoms with Gasteiger partial charge < -0.3 is 16.4 Å². The highest BCUT2D eigenvalue weighted by Gasteiger charge is 2.25. The first kappa shape index (κ1) is 21.6. The van der Waals surface area contributed by atoms with Crippen LogP contribution < -0.4 is 16.4 Å². The first-order valence-electron chi connectivity index (χ1n) is 11.1. The molecule has 0 heterocycles. The van der Waals surface area contributed by atoms with Crippen molar-refractivity contribution in [2.24, 2.45) is 0 Å². The van der Waals surface area contributed by atoms with Crippen molar-refractivity contribution in [3.63, 3.8) is 0 Å². The number of hydrogen-bond donors (Lipinski definition) is 3. The molecule has 3 aromatic carbocycles. The number of fused-ring (bicyclic) bond motifs is 1. The standard InChI is InChI=1S/C27H29N3O2/c1-18-6-4-9-22(16-18)29-27(32)30-25-15-13-20-17-21(12-14-23(20)25)26(31)11-5-8-19-7-2-3-10-24(19)28/h2-4,6-7,9-10,12,14,16-17,25H,5,8,11,13,15,28H2,1H3,(H2,29,30,32). The Morgan fingerprint density at radius 2 is 1.88 bits per heavy atom. The lowest BCUT2D eigenvalue weighted by Gasteiger charge is -2.15. The van der Waals surface area contributed by atoms with E-state index < -0.39 is 0 Å². The van der Waals surface area contributed by atoms with Gasteiger partial charge in [0.05, 0.1) is 6.04 Å². The highest BCUT2D eigenvalue weighted by Crippen LogP contribution is 2.32. The summed E-state index contributed by atoms with van der Waals surface area (Å²) >= 11 is 0. The summed E-state index contributed by atoms with van der Waals surface area (Å²) in [5.41, 5.74) is 12.7. The minimum atomic E-state index is -0.214. The molecule has 164 valence electrons. The van der Waals surface area contributed by atoms with Gasteiger partial charge in [-0.2, -0.15) is 0 Å². The third-order valence-electron chi connectivity index (χ3n) is 6.03. The first-order valence-corrected chi connectivity index (χ1v) is 11.1. The van der Waals surface area contributed by atoms with Gasteiger partial charge in [0.15, 0.2) is 5.78 Å². The Kier molecular flexibility index (Phi) is 6.55. The minimum Gasteiger partial charge on any atom is -0.399 e. The third-order valence-corrected chi connectivity index (χ3v) is 6.03. The van der Waals surface area contributed by atoms with E-state index in [0.717, 1.165) is 64.9 Å². The van der Waals surface area contributed by atoms with Crippen molar-refractivity contribution < 1.29 is 9.59 Å². The van der Waals surface area contributed by atoms with E-state index in [1.54, 1.807) is 0 Å². The number of carbonyl (C=O) groups excluding carboxylic acids is 2. The molecule has 0 saturated heterocycles. The second-order valence-corrected chi connectivity index (χ2v) is 8.45. The van der Waals surface area contributed by atoms with Crippen molar-refractivity contribution in [2.75, 3.05) is 11.1 Å². The van der Waals surface area contributed by atoms with Crippen LogP contribution in [0.4, 0.5) is 16.2 Å². The molecule has 0 aliphatic heterocycles. The predicted octanol–water partition coefficient (Wildman–Crippen LogP) is 5.59. The topological polar surface area (TPSA) is 84.2 Å². The lowest BCUT2D eigenvalue weighted by molar-refractivity contribution is 0.0980. The number of aryl methyl sites for hydroxylation is 3. The van der Waals surface area contributed by atoms with Crippen molar-refractivity contribution >= 4 is 23.2 Å². The van der Waals surface area contributed by atoms with Gasteiger partial charge in [-0.25, -0.2) is 4.79 Å². The molecule has 0 bridgehead atoms. The Labute approximate surface area is 189 Å². The Balaban J connectivity index is 1.33. The van der Waals surface area contributed by atoms with Gasteiger partial charge in [0.1, 0.15) is 0 Å². The van der Waals surface area contributed by atoms with E-state index in [1.807, 2.05) is 73.7 Å². The Morgan fingerprint density at radius 1 is 1.03 bits per heavy atom. The van der Waals surface area contributed by atoms with Crippen molar-refractivity contribution in [1.82, 2.24) is 5.32 Å². The average Bonchev–Trinajstić information content (AvgIpc) is 3.17. The van der Waals surface area contributed by atoms with Crippen LogP contribution in [0.3, 0.4) is 0 Å². The highest BCUT2D eigenvalue weighted by molar-refractivity contribution is 5.96. The largest absolute Gasteiger partial charge is 0.399 e. The lowest BCUT2D eigenvalue weighted by Crippen LogP contribution is -2.31. The normalized spacial score (nSPS) is 14.6. The van der Waals surface area contributed by atoms with Gasteiger partial charge in [0.25, 0.3) is 0 Å². The van der Waals surface area contributed by atoms with Crippen LogP contribution in [0.1, 0.15) is 57.9 Å². The fourth-order valence-corrected chi connectivity index (χ4v) is 4.33. The molecule has 4 N–H and O–H groups in total. The molecule has 0 spiro atoms. The van der Waals surface area contributed by atoms with Crippen LogP contribution in [-0.4, -0.2) is 11.8 Å². The molecule has 0 saturated carbocycles. The summed E-state index contributed by atoms with van der Waals surface area (Å²) in [5, 5.41) is 5.96. The van der Waals surface area contributed by atoms with Gasteiger partial charge in [0.2, 0.25) is 0 Å². The van der Waals surface area contributed by atoms with Crippen LogP contribution in [0.15, 0.2) is 66.7 Å². The highest BCUT2D eigenvalue weighted by atomic mass is 16.2. The Hall–Kier alpha value is -3.60. The molecule has 5 nitrogen and oxygen atoms in total. The summed E-state index contributed by atoms with van der Waals surface area (Å²) in [5.74, 6) is 0.149. The number of nitrogens with one attached hydrogen (secondary N) is 2. The smallest absolute Gasteiger partial charge is 0.319 e. The monoisotopic (exact) mass is 427 g/mol. The summed E-state index contributed by atoms with van der Waals surface area (Å²) in [6.45, 7) is 1.99. The molecule has 4 rings (SSSR count). The number of carbonyl (C=O) groups is 2. The maximum Gasteiger partial charge on any atom is 0.319 e. The van der Waals surface area contributed by atoms with Crippen LogP contribution >= 0.6 is 0 Å². The molecule has 32 heavy (non-hydrogen) atoms. The summed E-state index contributed by atoms with van der Waals surface area (Å²) < 4.78 is 0. The molecule has 1 aliphatic rings. The van der Waals surface area contributed by atoms with E-state index in [2.05, 4.69) is 10.6 Å². The number of para-hydroxylation sites is 1. The lowest BCUT2D eigenvalue weighted by atomic mass is 9.98. The number of urea groups is 1. The summed E-state index contributed by atoms with van der Waals surface area (Å²) in [6, 6.07) is 21.1. The minimum absolute atomic E-state index is 0.0417. The quantitative estimate of drug-likeness (QED) is 0.339. The molecule has 0 aromatic heterocycles. The number of nitrogens with two attached hydrogens (primary N) is 1. The summed E-state index contributed by atoms with van der Waals surface area (Å²) in [6.07, 6.45) is 3.75. The Morgan fingerprint density at radius 3 is 2.69 bits per heavy atom. The predicted molar refractivity (Wildman–Crippen MR) is 129 cm³/mol. The van der Waals surface area contributed by atoms with Crippen LogP contribution in [0.2, 0.25) is 0 Å². The molecule has 5 heteroatoms. The fraction of sp³-hybridized carbons (Fsp3) is 0.259. The number of anilines is 2. The van der Waals surface area contributed by atoms with Gasteiger partial charge in [0, 0.05) is 23.4 Å². The molecule has 2 amide bonds. The van der Waals surface area contributed by atoms with Crippen molar-refractivity contribution in [3.8, 4) is 0 Å². The summed E-state index contributed by atoms with van der Waals surface area (Å²) in [4.78, 5) is 25.1. The summed E-state index contributed by atoms with van der Waals surface area (Å²) in [7, 11) is 0. The number of Topliss-reactive ketones (excluding diaryl/α,β-unsaturated/α-hetero) is 1. The van der Waals surface area contributed by atoms with E-state index in [1.165, 1.54) is 0 Å². The number of amides is 2. The molecular formula is C27H29N3O2. The zero-order chi connectivity index (χ0) is 22.5. The second-order valence-electron chi connectivity index (χ2n) is 8.45. The number of benzene rings is 3. The molecular weight excluding hydrogens is 398 g/mol. The number of nitrogen functional groups attached to an aromatic ring is 1. The van der Waals surface area contributed by atoms with Crippen LogP contribution in [0, 0.1) is 6.92 Å². The van der Waals surface area contributed by atoms with Gasteiger partial charge in [-0.15, -0.1) is 0 Å². The molecule has 0 radical (unpaired) electrons. The van der Waals surface area contributed by atoms with Gasteiger partial charge in [-0.1, -0.05) is 42.5 Å². The van der Waals surface area contributed by atoms with Crippen molar-refractivity contribution in [3.05, 3.63) is 94.5 Å². The molecule has 1 atom stereocenters. The number of ketones is 1. The zero-order valence-electron chi connectivity index (χ0n) is 18.4. The van der Waals surface area contributed by atoms with Crippen molar-refractivity contribution in [1.29, 1.82) is 0 Å². The maximum atomic E-state index is 12.7. The van der Waals surface area contributed by atoms with Crippen LogP contribution in [0.25, 0.3) is 0 Å². The fourth-order valence-electron chi connectivity index (χ4n) is 4.33. The first-order chi connectivity index (χ1) is 15.5. The van der Waals surface area contributed by atoms with E-state index in [-0.39, 0.29) is 17.9 Å². The number of rotatable bonds is 7. The van der Waals surface area contributed by atoms with Crippen LogP contribution in [0.5, 0.6) is 0 Å². The van der Waals surface area contributed by atoms with Gasteiger partial charge >= 0.3 is 6.03 Å². The number of hydrogen-bond acceptors (Lipinski definition) is 3. The van der Waals surface area contributed by atoms with Gasteiger partial charge in [-0.05, 0) is 79.1 Å². The molecule has 1 unspecified atom stereocenters. The van der Waals surface area contributed by atoms with E-state index in [0.29, 0.717) is 6.42 Å². The van der Waals surface area contributed by atoms with Crippen molar-refractivity contribution in [2.45, 2.75) is 45.1 Å². The maximum absolute atomic E-state index is 12.7. The van der Waals surface area contributed by atoms with Crippen LogP contribution in [-0.2, 0) is 12.8 Å².